The average molecular weight is 329 g/mol. The van der Waals surface area contributed by atoms with Crippen LogP contribution in [-0.4, -0.2) is 11.1 Å². The molecule has 1 aromatic heterocycles. The average Bonchev–Trinajstić information content (AvgIpc) is 2.84. The second-order valence-corrected chi connectivity index (χ2v) is 5.92. The Morgan fingerprint density at radius 1 is 1.05 bits per heavy atom. The van der Waals surface area contributed by atoms with Crippen molar-refractivity contribution in [3.63, 3.8) is 0 Å². The van der Waals surface area contributed by atoms with E-state index in [9.17, 15) is 0 Å². The van der Waals surface area contributed by atoms with Gasteiger partial charge in [0, 0.05) is 35.0 Å². The molecule has 0 amide bonds. The topological polar surface area (TPSA) is 17.0 Å². The Bertz CT molecular complexity index is 713. The Hall–Kier alpha value is -1.74. The molecule has 0 radical (unpaired) electrons. The Balaban J connectivity index is 1.68. The minimum atomic E-state index is 0.916. The molecule has 2 nitrogen and oxygen atoms in total. The first-order valence-electron chi connectivity index (χ1n) is 6.77. The zero-order valence-corrected chi connectivity index (χ0v) is 13.0. The van der Waals surface area contributed by atoms with Crippen LogP contribution in [-0.2, 0) is 6.54 Å². The van der Waals surface area contributed by atoms with Gasteiger partial charge in [-0.1, -0.05) is 39.7 Å². The second kappa shape index (κ2) is 5.71. The minimum Gasteiger partial charge on any atom is -0.383 e. The van der Waals surface area contributed by atoms with Crippen molar-refractivity contribution < 1.29 is 0 Å². The number of hydrogen-bond donors (Lipinski definition) is 1. The molecule has 0 atom stereocenters. The molecule has 0 aliphatic carbocycles. The minimum absolute atomic E-state index is 0.916. The van der Waals surface area contributed by atoms with Crippen molar-refractivity contribution >= 4 is 32.5 Å². The third-order valence-corrected chi connectivity index (χ3v) is 3.96. The molecule has 0 aliphatic rings. The molecule has 1 heterocycles. The molecule has 0 spiro atoms. The van der Waals surface area contributed by atoms with Crippen molar-refractivity contribution in [2.75, 3.05) is 11.9 Å². The number of anilines is 1. The molecular weight excluding hydrogens is 312 g/mol. The van der Waals surface area contributed by atoms with E-state index in [0.717, 1.165) is 17.6 Å². The smallest absolute Gasteiger partial charge is 0.0492 e. The number of nitrogens with zero attached hydrogens (tertiary/aromatic N) is 1. The van der Waals surface area contributed by atoms with Crippen LogP contribution < -0.4 is 5.32 Å². The lowest BCUT2D eigenvalue weighted by molar-refractivity contribution is 0.757. The Kier molecular flexibility index (Phi) is 3.79. The van der Waals surface area contributed by atoms with E-state index in [2.05, 4.69) is 87.5 Å². The van der Waals surface area contributed by atoms with Crippen LogP contribution in [0.5, 0.6) is 0 Å². The van der Waals surface area contributed by atoms with Crippen molar-refractivity contribution in [2.24, 2.45) is 0 Å². The summed E-state index contributed by atoms with van der Waals surface area (Å²) >= 11 is 3.53. The highest BCUT2D eigenvalue weighted by Gasteiger charge is 2.01. The molecule has 1 N–H and O–H groups in total. The van der Waals surface area contributed by atoms with Crippen molar-refractivity contribution in [2.45, 2.75) is 13.5 Å². The zero-order chi connectivity index (χ0) is 13.9. The van der Waals surface area contributed by atoms with Gasteiger partial charge in [-0.3, -0.25) is 0 Å². The summed E-state index contributed by atoms with van der Waals surface area (Å²) in [5, 5.41) is 4.74. The molecule has 20 heavy (non-hydrogen) atoms. The fraction of sp³-hybridized carbons (Fsp3) is 0.176. The first kappa shape index (κ1) is 13.3. The van der Waals surface area contributed by atoms with Crippen LogP contribution in [0.15, 0.2) is 59.2 Å². The van der Waals surface area contributed by atoms with Gasteiger partial charge in [-0.15, -0.1) is 0 Å². The summed E-state index contributed by atoms with van der Waals surface area (Å²) in [7, 11) is 0. The summed E-state index contributed by atoms with van der Waals surface area (Å²) in [5.74, 6) is 0. The van der Waals surface area contributed by atoms with Crippen LogP contribution in [0.2, 0.25) is 0 Å². The highest BCUT2D eigenvalue weighted by molar-refractivity contribution is 9.10. The van der Waals surface area contributed by atoms with Crippen LogP contribution >= 0.6 is 15.9 Å². The molecule has 0 saturated carbocycles. The lowest BCUT2D eigenvalue weighted by Crippen LogP contribution is -2.09. The van der Waals surface area contributed by atoms with Gasteiger partial charge >= 0.3 is 0 Å². The Morgan fingerprint density at radius 2 is 1.85 bits per heavy atom. The van der Waals surface area contributed by atoms with Gasteiger partial charge < -0.3 is 9.88 Å². The molecule has 102 valence electrons. The van der Waals surface area contributed by atoms with Gasteiger partial charge in [0.05, 0.1) is 0 Å². The maximum atomic E-state index is 3.53. The Labute approximate surface area is 127 Å². The monoisotopic (exact) mass is 328 g/mol. The van der Waals surface area contributed by atoms with E-state index in [-0.39, 0.29) is 0 Å². The second-order valence-electron chi connectivity index (χ2n) is 5.01. The van der Waals surface area contributed by atoms with Crippen LogP contribution in [0.1, 0.15) is 5.56 Å². The summed E-state index contributed by atoms with van der Waals surface area (Å²) in [6.45, 7) is 3.97. The maximum absolute atomic E-state index is 3.53. The highest BCUT2D eigenvalue weighted by atomic mass is 79.9. The van der Waals surface area contributed by atoms with E-state index < -0.39 is 0 Å². The third kappa shape index (κ3) is 2.88. The molecule has 3 aromatic rings. The van der Waals surface area contributed by atoms with Crippen molar-refractivity contribution in [1.82, 2.24) is 4.57 Å². The molecule has 0 aliphatic heterocycles. The summed E-state index contributed by atoms with van der Waals surface area (Å²) in [5.41, 5.74) is 3.73. The fourth-order valence-corrected chi connectivity index (χ4v) is 2.69. The number of benzene rings is 2. The van der Waals surface area contributed by atoms with E-state index in [4.69, 9.17) is 0 Å². The molecule has 0 fully saturated rings. The predicted molar refractivity (Wildman–Crippen MR) is 89.3 cm³/mol. The predicted octanol–water partition coefficient (Wildman–Crippen LogP) is 4.82. The van der Waals surface area contributed by atoms with Crippen molar-refractivity contribution in [1.29, 1.82) is 0 Å². The van der Waals surface area contributed by atoms with Crippen molar-refractivity contribution in [3.05, 3.63) is 64.8 Å². The van der Waals surface area contributed by atoms with E-state index >= 15 is 0 Å². The van der Waals surface area contributed by atoms with Gasteiger partial charge in [0.1, 0.15) is 0 Å². The quantitative estimate of drug-likeness (QED) is 0.726. The molecule has 3 heteroatoms. The number of hydrogen-bond acceptors (Lipinski definition) is 1. The molecule has 0 unspecified atom stereocenters. The van der Waals surface area contributed by atoms with E-state index in [1.54, 1.807) is 0 Å². The number of rotatable bonds is 4. The molecule has 0 saturated heterocycles. The van der Waals surface area contributed by atoms with Crippen LogP contribution in [0.25, 0.3) is 10.9 Å². The lowest BCUT2D eigenvalue weighted by Gasteiger charge is -2.09. The first-order chi connectivity index (χ1) is 9.72. The third-order valence-electron chi connectivity index (χ3n) is 3.47. The first-order valence-corrected chi connectivity index (χ1v) is 7.56. The van der Waals surface area contributed by atoms with Gasteiger partial charge in [0.25, 0.3) is 0 Å². The van der Waals surface area contributed by atoms with Gasteiger partial charge in [-0.25, -0.2) is 0 Å². The molecule has 3 rings (SSSR count). The molecule has 0 bridgehead atoms. The summed E-state index contributed by atoms with van der Waals surface area (Å²) in [6, 6.07) is 17.1. The SMILES string of the molecule is Cc1ccc(NCCn2ccc3ccc(Br)cc32)cc1. The zero-order valence-electron chi connectivity index (χ0n) is 11.4. The maximum Gasteiger partial charge on any atom is 0.0492 e. The van der Waals surface area contributed by atoms with Gasteiger partial charge in [-0.05, 0) is 42.6 Å². The number of aryl methyl sites for hydroxylation is 1. The Morgan fingerprint density at radius 3 is 2.65 bits per heavy atom. The normalized spacial score (nSPS) is 10.9. The van der Waals surface area contributed by atoms with Gasteiger partial charge in [0.2, 0.25) is 0 Å². The van der Waals surface area contributed by atoms with E-state index in [1.165, 1.54) is 22.2 Å². The van der Waals surface area contributed by atoms with E-state index in [0.29, 0.717) is 0 Å². The van der Waals surface area contributed by atoms with Gasteiger partial charge in [-0.2, -0.15) is 0 Å². The van der Waals surface area contributed by atoms with Crippen LogP contribution in [0, 0.1) is 6.92 Å². The standard InChI is InChI=1S/C17H17BrN2/c1-13-2-6-16(7-3-13)19-9-11-20-10-8-14-4-5-15(18)12-17(14)20/h2-8,10,12,19H,9,11H2,1H3. The van der Waals surface area contributed by atoms with Crippen LogP contribution in [0.4, 0.5) is 5.69 Å². The summed E-state index contributed by atoms with van der Waals surface area (Å²) in [4.78, 5) is 0. The van der Waals surface area contributed by atoms with Gasteiger partial charge in [0.15, 0.2) is 0 Å². The van der Waals surface area contributed by atoms with Crippen LogP contribution in [0.3, 0.4) is 0 Å². The lowest BCUT2D eigenvalue weighted by atomic mass is 10.2. The molecule has 2 aromatic carbocycles. The largest absolute Gasteiger partial charge is 0.383 e. The number of nitrogens with one attached hydrogen (secondary N) is 1. The number of fused-ring (bicyclic) bond motifs is 1. The van der Waals surface area contributed by atoms with Crippen molar-refractivity contribution in [3.8, 4) is 0 Å². The van der Waals surface area contributed by atoms with E-state index in [1.807, 2.05) is 0 Å². The fourth-order valence-electron chi connectivity index (χ4n) is 2.34. The number of aromatic nitrogens is 1. The molecular formula is C17H17BrN2. The highest BCUT2D eigenvalue weighted by Crippen LogP contribution is 2.20. The number of halogens is 1. The summed E-state index contributed by atoms with van der Waals surface area (Å²) < 4.78 is 3.40. The summed E-state index contributed by atoms with van der Waals surface area (Å²) in [6.07, 6.45) is 2.15.